The zero-order valence-corrected chi connectivity index (χ0v) is 12.3. The molecule has 0 spiro atoms. The van der Waals surface area contributed by atoms with Crippen LogP contribution in [-0.2, 0) is 6.18 Å². The Balaban J connectivity index is 2.13. The fourth-order valence-corrected chi connectivity index (χ4v) is 2.54. The molecule has 1 heterocycles. The van der Waals surface area contributed by atoms with Crippen molar-refractivity contribution in [1.29, 1.82) is 0 Å². The first-order valence-electron chi connectivity index (χ1n) is 7.16. The zero-order valence-electron chi connectivity index (χ0n) is 12.3. The summed E-state index contributed by atoms with van der Waals surface area (Å²) in [6.45, 7) is 5.39. The fourth-order valence-electron chi connectivity index (χ4n) is 2.54. The standard InChI is InChI=1S/C15H19F3N2O2/c1-10(9-20-6-4-19-5-7-20)14(22)12-8-11(15(16,17)18)2-3-13(12)21/h2-3,8,10,19,21H,4-7,9H2,1H3. The SMILES string of the molecule is CC(CN1CCNCC1)C(=O)c1cc(C(F)(F)F)ccc1O. The highest BCUT2D eigenvalue weighted by Crippen LogP contribution is 2.33. The first-order chi connectivity index (χ1) is 10.3. The molecular weight excluding hydrogens is 297 g/mol. The average Bonchev–Trinajstić information content (AvgIpc) is 2.46. The van der Waals surface area contributed by atoms with Crippen LogP contribution in [0.25, 0.3) is 0 Å². The van der Waals surface area contributed by atoms with Crippen molar-refractivity contribution >= 4 is 5.78 Å². The zero-order chi connectivity index (χ0) is 16.3. The molecule has 0 aromatic heterocycles. The molecule has 1 unspecified atom stereocenters. The number of nitrogens with zero attached hydrogens (tertiary/aromatic N) is 1. The van der Waals surface area contributed by atoms with Crippen LogP contribution < -0.4 is 5.32 Å². The Morgan fingerprint density at radius 3 is 2.59 bits per heavy atom. The molecule has 0 radical (unpaired) electrons. The first kappa shape index (κ1) is 16.8. The summed E-state index contributed by atoms with van der Waals surface area (Å²) in [5.74, 6) is -1.36. The molecule has 1 aromatic carbocycles. The Kier molecular flexibility index (Phi) is 5.08. The number of alkyl halides is 3. The Labute approximate surface area is 126 Å². The van der Waals surface area contributed by atoms with E-state index in [0.29, 0.717) is 6.54 Å². The van der Waals surface area contributed by atoms with Gasteiger partial charge >= 0.3 is 6.18 Å². The van der Waals surface area contributed by atoms with Crippen molar-refractivity contribution in [1.82, 2.24) is 10.2 Å². The molecule has 22 heavy (non-hydrogen) atoms. The Morgan fingerprint density at radius 1 is 1.36 bits per heavy atom. The molecule has 4 nitrogen and oxygen atoms in total. The van der Waals surface area contributed by atoms with E-state index in [0.717, 1.165) is 44.4 Å². The van der Waals surface area contributed by atoms with Gasteiger partial charge in [-0.2, -0.15) is 13.2 Å². The van der Waals surface area contributed by atoms with Gasteiger partial charge in [0.15, 0.2) is 5.78 Å². The number of phenolic OH excluding ortho intramolecular Hbond substituents is 1. The molecule has 1 aliphatic rings. The van der Waals surface area contributed by atoms with E-state index in [1.54, 1.807) is 6.92 Å². The summed E-state index contributed by atoms with van der Waals surface area (Å²) < 4.78 is 38.2. The largest absolute Gasteiger partial charge is 0.507 e. The second kappa shape index (κ2) is 6.66. The van der Waals surface area contributed by atoms with Crippen molar-refractivity contribution in [2.75, 3.05) is 32.7 Å². The normalized spacial score (nSPS) is 18.2. The summed E-state index contributed by atoms with van der Waals surface area (Å²) in [6, 6.07) is 2.42. The lowest BCUT2D eigenvalue weighted by atomic mass is 9.96. The van der Waals surface area contributed by atoms with Crippen molar-refractivity contribution in [3.8, 4) is 5.75 Å². The van der Waals surface area contributed by atoms with Gasteiger partial charge in [-0.25, -0.2) is 0 Å². The molecule has 0 aliphatic carbocycles. The number of ketones is 1. The molecule has 122 valence electrons. The van der Waals surface area contributed by atoms with E-state index in [-0.39, 0.29) is 5.56 Å². The van der Waals surface area contributed by atoms with Gasteiger partial charge in [-0.3, -0.25) is 4.79 Å². The number of rotatable bonds is 4. The number of piperazine rings is 1. The number of benzene rings is 1. The number of hydrogen-bond donors (Lipinski definition) is 2. The predicted octanol–water partition coefficient (Wildman–Crippen LogP) is 2.14. The van der Waals surface area contributed by atoms with Gasteiger partial charge in [0.05, 0.1) is 11.1 Å². The van der Waals surface area contributed by atoms with Crippen molar-refractivity contribution < 1.29 is 23.1 Å². The average molecular weight is 316 g/mol. The molecule has 1 aromatic rings. The number of nitrogens with one attached hydrogen (secondary N) is 1. The molecule has 1 fully saturated rings. The molecule has 1 saturated heterocycles. The van der Waals surface area contributed by atoms with Crippen LogP contribution in [0.2, 0.25) is 0 Å². The van der Waals surface area contributed by atoms with Crippen molar-refractivity contribution in [2.45, 2.75) is 13.1 Å². The number of aromatic hydroxyl groups is 1. The van der Waals surface area contributed by atoms with Gasteiger partial charge in [-0.1, -0.05) is 6.92 Å². The van der Waals surface area contributed by atoms with E-state index in [9.17, 15) is 23.1 Å². The number of hydrogen-bond acceptors (Lipinski definition) is 4. The van der Waals surface area contributed by atoms with E-state index in [4.69, 9.17) is 0 Å². The predicted molar refractivity (Wildman–Crippen MR) is 75.9 cm³/mol. The quantitative estimate of drug-likeness (QED) is 0.836. The summed E-state index contributed by atoms with van der Waals surface area (Å²) in [5, 5.41) is 12.9. The molecule has 1 aliphatic heterocycles. The van der Waals surface area contributed by atoms with E-state index in [2.05, 4.69) is 10.2 Å². The van der Waals surface area contributed by atoms with Crippen LogP contribution in [0.4, 0.5) is 13.2 Å². The van der Waals surface area contributed by atoms with Gasteiger partial charge in [-0.15, -0.1) is 0 Å². The second-order valence-corrected chi connectivity index (χ2v) is 5.55. The van der Waals surface area contributed by atoms with Gasteiger partial charge in [0, 0.05) is 38.6 Å². The number of carbonyl (C=O) groups is 1. The lowest BCUT2D eigenvalue weighted by Gasteiger charge is -2.29. The number of halogens is 3. The van der Waals surface area contributed by atoms with Crippen molar-refractivity contribution in [2.24, 2.45) is 5.92 Å². The number of carbonyl (C=O) groups excluding carboxylic acids is 1. The van der Waals surface area contributed by atoms with Crippen LogP contribution in [0.3, 0.4) is 0 Å². The third-order valence-corrected chi connectivity index (χ3v) is 3.78. The minimum atomic E-state index is -4.54. The molecule has 0 saturated carbocycles. The first-order valence-corrected chi connectivity index (χ1v) is 7.16. The minimum Gasteiger partial charge on any atom is -0.507 e. The highest BCUT2D eigenvalue weighted by molar-refractivity contribution is 6.00. The van der Waals surface area contributed by atoms with E-state index in [1.807, 2.05) is 0 Å². The number of phenols is 1. The Morgan fingerprint density at radius 2 is 2.00 bits per heavy atom. The Hall–Kier alpha value is -1.60. The minimum absolute atomic E-state index is 0.266. The topological polar surface area (TPSA) is 52.6 Å². The van der Waals surface area contributed by atoms with Crippen molar-refractivity contribution in [3.05, 3.63) is 29.3 Å². The lowest BCUT2D eigenvalue weighted by Crippen LogP contribution is -2.45. The van der Waals surface area contributed by atoms with Crippen LogP contribution in [-0.4, -0.2) is 48.5 Å². The van der Waals surface area contributed by atoms with E-state index >= 15 is 0 Å². The van der Waals surface area contributed by atoms with Gasteiger partial charge in [0.2, 0.25) is 0 Å². The third-order valence-electron chi connectivity index (χ3n) is 3.78. The molecule has 7 heteroatoms. The summed E-state index contributed by atoms with van der Waals surface area (Å²) in [5.41, 5.74) is -1.19. The fraction of sp³-hybridized carbons (Fsp3) is 0.533. The molecule has 0 amide bonds. The second-order valence-electron chi connectivity index (χ2n) is 5.55. The highest BCUT2D eigenvalue weighted by atomic mass is 19.4. The Bertz CT molecular complexity index is 540. The van der Waals surface area contributed by atoms with Crippen LogP contribution >= 0.6 is 0 Å². The molecule has 2 rings (SSSR count). The maximum atomic E-state index is 12.7. The van der Waals surface area contributed by atoms with Crippen LogP contribution in [0, 0.1) is 5.92 Å². The molecule has 1 atom stereocenters. The van der Waals surface area contributed by atoms with Crippen molar-refractivity contribution in [3.63, 3.8) is 0 Å². The maximum Gasteiger partial charge on any atom is 0.416 e. The van der Waals surface area contributed by atoms with Gasteiger partial charge in [0.25, 0.3) is 0 Å². The van der Waals surface area contributed by atoms with Gasteiger partial charge in [-0.05, 0) is 18.2 Å². The van der Waals surface area contributed by atoms with Crippen LogP contribution in [0.15, 0.2) is 18.2 Å². The molecule has 0 bridgehead atoms. The molecule has 2 N–H and O–H groups in total. The summed E-state index contributed by atoms with van der Waals surface area (Å²) >= 11 is 0. The van der Waals surface area contributed by atoms with E-state index in [1.165, 1.54) is 0 Å². The number of Topliss-reactive ketones (excluding diaryl/α,β-unsaturated/α-hetero) is 1. The third kappa shape index (κ3) is 3.98. The maximum absolute atomic E-state index is 12.7. The lowest BCUT2D eigenvalue weighted by molar-refractivity contribution is -0.137. The molecular formula is C15H19F3N2O2. The van der Waals surface area contributed by atoms with E-state index < -0.39 is 29.2 Å². The smallest absolute Gasteiger partial charge is 0.416 e. The summed E-state index contributed by atoms with van der Waals surface area (Å²) in [4.78, 5) is 14.4. The van der Waals surface area contributed by atoms with Crippen LogP contribution in [0.1, 0.15) is 22.8 Å². The summed E-state index contributed by atoms with van der Waals surface area (Å²) in [6.07, 6.45) is -4.54. The van der Waals surface area contributed by atoms with Gasteiger partial charge in [0.1, 0.15) is 5.75 Å². The van der Waals surface area contributed by atoms with Crippen LogP contribution in [0.5, 0.6) is 5.75 Å². The monoisotopic (exact) mass is 316 g/mol. The van der Waals surface area contributed by atoms with Gasteiger partial charge < -0.3 is 15.3 Å². The summed E-state index contributed by atoms with van der Waals surface area (Å²) in [7, 11) is 0. The highest BCUT2D eigenvalue weighted by Gasteiger charge is 2.32.